The van der Waals surface area contributed by atoms with Crippen molar-refractivity contribution in [2.24, 2.45) is 0 Å². The summed E-state index contributed by atoms with van der Waals surface area (Å²) >= 11 is 9.35. The van der Waals surface area contributed by atoms with Gasteiger partial charge < -0.3 is 10.1 Å². The molecule has 1 N–H and O–H groups in total. The molecule has 0 radical (unpaired) electrons. The van der Waals surface area contributed by atoms with Gasteiger partial charge in [-0.25, -0.2) is 4.79 Å². The van der Waals surface area contributed by atoms with Gasteiger partial charge in [0.15, 0.2) is 0 Å². The molecule has 0 aromatic heterocycles. The summed E-state index contributed by atoms with van der Waals surface area (Å²) in [4.78, 5) is 24.9. The third kappa shape index (κ3) is 4.50. The van der Waals surface area contributed by atoms with Gasteiger partial charge in [-0.05, 0) is 54.6 Å². The first-order chi connectivity index (χ1) is 12.5. The van der Waals surface area contributed by atoms with Crippen molar-refractivity contribution in [3.8, 4) is 5.75 Å². The minimum atomic E-state index is -0.550. The zero-order chi connectivity index (χ0) is 18.5. The molecule has 0 aliphatic carbocycles. The van der Waals surface area contributed by atoms with Gasteiger partial charge in [0.25, 0.3) is 5.91 Å². The Bertz CT molecular complexity index is 943. The molecule has 0 saturated heterocycles. The van der Waals surface area contributed by atoms with Crippen LogP contribution in [0.4, 0.5) is 5.69 Å². The molecule has 26 heavy (non-hydrogen) atoms. The van der Waals surface area contributed by atoms with E-state index in [0.717, 1.165) is 4.47 Å². The van der Waals surface area contributed by atoms with Crippen LogP contribution in [0.15, 0.2) is 77.3 Å². The van der Waals surface area contributed by atoms with Crippen LogP contribution in [-0.2, 0) is 0 Å². The molecular formula is C20H13BrClNO3. The number of carbonyl (C=O) groups is 2. The van der Waals surface area contributed by atoms with Crippen molar-refractivity contribution in [1.82, 2.24) is 0 Å². The molecule has 3 rings (SSSR count). The van der Waals surface area contributed by atoms with Gasteiger partial charge in [-0.1, -0.05) is 45.7 Å². The molecule has 130 valence electrons. The largest absolute Gasteiger partial charge is 0.422 e. The van der Waals surface area contributed by atoms with Crippen molar-refractivity contribution in [3.63, 3.8) is 0 Å². The van der Waals surface area contributed by atoms with Crippen LogP contribution >= 0.6 is 27.5 Å². The Morgan fingerprint density at radius 2 is 1.62 bits per heavy atom. The smallest absolute Gasteiger partial charge is 0.343 e. The lowest BCUT2D eigenvalue weighted by Gasteiger charge is -2.11. The Labute approximate surface area is 163 Å². The van der Waals surface area contributed by atoms with E-state index in [1.807, 2.05) is 12.1 Å². The first-order valence-corrected chi connectivity index (χ1v) is 8.84. The van der Waals surface area contributed by atoms with Gasteiger partial charge in [0, 0.05) is 15.2 Å². The highest BCUT2D eigenvalue weighted by Gasteiger charge is 2.17. The van der Waals surface area contributed by atoms with E-state index in [0.29, 0.717) is 16.3 Å². The monoisotopic (exact) mass is 429 g/mol. The second-order valence-electron chi connectivity index (χ2n) is 5.36. The number of anilines is 1. The predicted molar refractivity (Wildman–Crippen MR) is 105 cm³/mol. The fraction of sp³-hybridized carbons (Fsp3) is 0. The topological polar surface area (TPSA) is 55.4 Å². The van der Waals surface area contributed by atoms with Gasteiger partial charge in [0.2, 0.25) is 0 Å². The van der Waals surface area contributed by atoms with E-state index in [4.69, 9.17) is 16.3 Å². The summed E-state index contributed by atoms with van der Waals surface area (Å²) in [5, 5.41) is 3.12. The molecule has 6 heteroatoms. The molecule has 3 aromatic carbocycles. The molecule has 0 fully saturated rings. The number of amides is 1. The van der Waals surface area contributed by atoms with Crippen LogP contribution in [0.2, 0.25) is 5.02 Å². The fourth-order valence-electron chi connectivity index (χ4n) is 2.23. The SMILES string of the molecule is O=C(Oc1ccc(Cl)cc1C(=O)Nc1ccc(Br)cc1)c1ccccc1. The Kier molecular flexibility index (Phi) is 5.71. The van der Waals surface area contributed by atoms with Gasteiger partial charge in [0.1, 0.15) is 5.75 Å². The summed E-state index contributed by atoms with van der Waals surface area (Å²) in [7, 11) is 0. The van der Waals surface area contributed by atoms with Crippen LogP contribution in [0, 0.1) is 0 Å². The Morgan fingerprint density at radius 1 is 0.923 bits per heavy atom. The second kappa shape index (κ2) is 8.17. The standard InChI is InChI=1S/C20H13BrClNO3/c21-14-6-9-16(10-7-14)23-19(24)17-12-15(22)8-11-18(17)26-20(25)13-4-2-1-3-5-13/h1-12H,(H,23,24). The first kappa shape index (κ1) is 18.2. The molecule has 0 bridgehead atoms. The van der Waals surface area contributed by atoms with Crippen LogP contribution in [0.1, 0.15) is 20.7 Å². The maximum atomic E-state index is 12.6. The summed E-state index contributed by atoms with van der Waals surface area (Å²) in [5.41, 5.74) is 1.17. The average molecular weight is 431 g/mol. The van der Waals surface area contributed by atoms with E-state index >= 15 is 0 Å². The van der Waals surface area contributed by atoms with Crippen LogP contribution in [-0.4, -0.2) is 11.9 Å². The lowest BCUT2D eigenvalue weighted by atomic mass is 10.1. The van der Waals surface area contributed by atoms with E-state index in [1.165, 1.54) is 12.1 Å². The molecule has 0 spiro atoms. The molecule has 0 saturated carbocycles. The lowest BCUT2D eigenvalue weighted by molar-refractivity contribution is 0.0733. The van der Waals surface area contributed by atoms with Gasteiger partial charge in [0.05, 0.1) is 11.1 Å². The molecule has 0 atom stereocenters. The maximum Gasteiger partial charge on any atom is 0.343 e. The van der Waals surface area contributed by atoms with Crippen molar-refractivity contribution in [2.45, 2.75) is 0 Å². The van der Waals surface area contributed by atoms with Crippen molar-refractivity contribution >= 4 is 45.1 Å². The second-order valence-corrected chi connectivity index (χ2v) is 6.71. The van der Waals surface area contributed by atoms with Gasteiger partial charge in [-0.2, -0.15) is 0 Å². The lowest BCUT2D eigenvalue weighted by Crippen LogP contribution is -2.16. The minimum Gasteiger partial charge on any atom is -0.422 e. The number of hydrogen-bond acceptors (Lipinski definition) is 3. The Hall–Kier alpha value is -2.63. The van der Waals surface area contributed by atoms with E-state index < -0.39 is 11.9 Å². The number of esters is 1. The average Bonchev–Trinajstić information content (AvgIpc) is 2.65. The zero-order valence-electron chi connectivity index (χ0n) is 13.4. The van der Waals surface area contributed by atoms with E-state index in [2.05, 4.69) is 21.2 Å². The van der Waals surface area contributed by atoms with Crippen LogP contribution in [0.3, 0.4) is 0 Å². The van der Waals surface area contributed by atoms with E-state index in [1.54, 1.807) is 48.5 Å². The molecule has 0 aliphatic heterocycles. The molecule has 0 aliphatic rings. The third-order valence-corrected chi connectivity index (χ3v) is 4.26. The summed E-state index contributed by atoms with van der Waals surface area (Å²) < 4.78 is 6.30. The number of ether oxygens (including phenoxy) is 1. The number of hydrogen-bond donors (Lipinski definition) is 1. The normalized spacial score (nSPS) is 10.2. The number of carbonyl (C=O) groups excluding carboxylic acids is 2. The van der Waals surface area contributed by atoms with Gasteiger partial charge in [-0.3, -0.25) is 4.79 Å². The van der Waals surface area contributed by atoms with Crippen molar-refractivity contribution < 1.29 is 14.3 Å². The predicted octanol–water partition coefficient (Wildman–Crippen LogP) is 5.57. The highest BCUT2D eigenvalue weighted by atomic mass is 79.9. The van der Waals surface area contributed by atoms with E-state index in [9.17, 15) is 9.59 Å². The number of nitrogens with one attached hydrogen (secondary N) is 1. The summed E-state index contributed by atoms with van der Waals surface area (Å²) in [6, 6.07) is 20.2. The fourth-order valence-corrected chi connectivity index (χ4v) is 2.67. The number of rotatable bonds is 4. The van der Waals surface area contributed by atoms with Gasteiger partial charge >= 0.3 is 5.97 Å². The maximum absolute atomic E-state index is 12.6. The Morgan fingerprint density at radius 3 is 2.31 bits per heavy atom. The molecule has 3 aromatic rings. The van der Waals surface area contributed by atoms with Crippen LogP contribution < -0.4 is 10.1 Å². The molecule has 0 unspecified atom stereocenters. The Balaban J connectivity index is 1.84. The molecule has 0 heterocycles. The summed E-state index contributed by atoms with van der Waals surface area (Å²) in [6.07, 6.45) is 0. The highest BCUT2D eigenvalue weighted by Crippen LogP contribution is 2.25. The zero-order valence-corrected chi connectivity index (χ0v) is 15.8. The minimum absolute atomic E-state index is 0.137. The number of halogens is 2. The summed E-state index contributed by atoms with van der Waals surface area (Å²) in [6.45, 7) is 0. The first-order valence-electron chi connectivity index (χ1n) is 7.66. The van der Waals surface area contributed by atoms with Crippen LogP contribution in [0.25, 0.3) is 0 Å². The molecule has 4 nitrogen and oxygen atoms in total. The highest BCUT2D eigenvalue weighted by molar-refractivity contribution is 9.10. The quantitative estimate of drug-likeness (QED) is 0.434. The third-order valence-electron chi connectivity index (χ3n) is 3.50. The molecular weight excluding hydrogens is 418 g/mol. The number of benzene rings is 3. The van der Waals surface area contributed by atoms with Crippen molar-refractivity contribution in [2.75, 3.05) is 5.32 Å². The van der Waals surface area contributed by atoms with Gasteiger partial charge in [-0.15, -0.1) is 0 Å². The van der Waals surface area contributed by atoms with E-state index in [-0.39, 0.29) is 11.3 Å². The van der Waals surface area contributed by atoms with Crippen molar-refractivity contribution in [3.05, 3.63) is 93.4 Å². The summed E-state index contributed by atoms with van der Waals surface area (Å²) in [5.74, 6) is -0.839. The van der Waals surface area contributed by atoms with Crippen molar-refractivity contribution in [1.29, 1.82) is 0 Å². The van der Waals surface area contributed by atoms with Crippen LogP contribution in [0.5, 0.6) is 5.75 Å². The molecule has 1 amide bonds.